The molecule has 60 heavy (non-hydrogen) atoms. The lowest BCUT2D eigenvalue weighted by atomic mass is 9.80. The Labute approximate surface area is 346 Å². The largest absolute Gasteiger partial charge is 0.349 e. The smallest absolute Gasteiger partial charge is 0.263 e. The van der Waals surface area contributed by atoms with Crippen molar-refractivity contribution < 1.29 is 23.2 Å². The summed E-state index contributed by atoms with van der Waals surface area (Å²) >= 11 is 0. The summed E-state index contributed by atoms with van der Waals surface area (Å²) in [4.78, 5) is 75.6. The van der Waals surface area contributed by atoms with Crippen LogP contribution in [0.4, 0.5) is 8.78 Å². The molecule has 8 rings (SSSR count). The first-order valence-corrected chi connectivity index (χ1v) is 20.3. The molecule has 0 bridgehead atoms. The van der Waals surface area contributed by atoms with Crippen molar-refractivity contribution in [2.75, 3.05) is 40.3 Å². The molecule has 2 fully saturated rings. The summed E-state index contributed by atoms with van der Waals surface area (Å²) in [7, 11) is 3.46. The van der Waals surface area contributed by atoms with Crippen molar-refractivity contribution in [3.8, 4) is 0 Å². The first-order chi connectivity index (χ1) is 29.1. The van der Waals surface area contributed by atoms with Gasteiger partial charge in [-0.3, -0.25) is 14.4 Å². The molecule has 2 N–H and O–H groups in total. The second-order valence-corrected chi connectivity index (χ2v) is 15.7. The number of aromatic nitrogens is 4. The van der Waals surface area contributed by atoms with E-state index in [-0.39, 0.29) is 68.8 Å². The topological polar surface area (TPSA) is 158 Å². The van der Waals surface area contributed by atoms with Crippen molar-refractivity contribution in [1.82, 2.24) is 40.4 Å². The summed E-state index contributed by atoms with van der Waals surface area (Å²) in [6.45, 7) is 5.88. The van der Waals surface area contributed by atoms with Crippen LogP contribution in [0.25, 0.3) is 11.4 Å². The molecule has 4 aliphatic rings. The van der Waals surface area contributed by atoms with Crippen LogP contribution < -0.4 is 10.6 Å². The highest BCUT2D eigenvalue weighted by molar-refractivity contribution is 6.66. The number of rotatable bonds is 10. The van der Waals surface area contributed by atoms with Crippen LogP contribution in [-0.2, 0) is 4.79 Å². The predicted molar refractivity (Wildman–Crippen MR) is 223 cm³/mol. The number of hydrogen-bond acceptors (Lipinski definition) is 13. The van der Waals surface area contributed by atoms with E-state index in [1.165, 1.54) is 36.9 Å². The zero-order valence-electron chi connectivity index (χ0n) is 34.0. The van der Waals surface area contributed by atoms with E-state index < -0.39 is 41.1 Å². The maximum atomic E-state index is 15.6. The van der Waals surface area contributed by atoms with E-state index in [0.29, 0.717) is 24.2 Å². The number of benzene rings is 2. The zero-order chi connectivity index (χ0) is 42.1. The third-order valence-corrected chi connectivity index (χ3v) is 12.1. The van der Waals surface area contributed by atoms with Crippen molar-refractivity contribution in [2.24, 2.45) is 21.8 Å². The van der Waals surface area contributed by atoms with Gasteiger partial charge in [-0.15, -0.1) is 0 Å². The van der Waals surface area contributed by atoms with E-state index in [4.69, 9.17) is 9.98 Å². The van der Waals surface area contributed by atoms with Crippen molar-refractivity contribution >= 4 is 40.4 Å². The second kappa shape index (κ2) is 17.2. The summed E-state index contributed by atoms with van der Waals surface area (Å²) in [6, 6.07) is 10.9. The Bertz CT molecular complexity index is 2290. The van der Waals surface area contributed by atoms with Crippen molar-refractivity contribution in [3.05, 3.63) is 130 Å². The van der Waals surface area contributed by atoms with Gasteiger partial charge in [0.25, 0.3) is 5.78 Å². The second-order valence-electron chi connectivity index (χ2n) is 15.7. The van der Waals surface area contributed by atoms with Crippen molar-refractivity contribution in [1.29, 1.82) is 0 Å². The number of nitrogens with one attached hydrogen (secondary N) is 2. The molecule has 0 amide bonds. The lowest BCUT2D eigenvalue weighted by molar-refractivity contribution is -0.108. The molecule has 0 saturated carbocycles. The number of halogens is 2. The number of piperidine rings is 2. The van der Waals surface area contributed by atoms with Crippen LogP contribution in [0.1, 0.15) is 69.2 Å². The van der Waals surface area contributed by atoms with Gasteiger partial charge < -0.3 is 20.4 Å². The molecule has 308 valence electrons. The van der Waals surface area contributed by atoms with Gasteiger partial charge in [-0.2, -0.15) is 0 Å². The monoisotopic (exact) mass is 812 g/mol. The standard InChI is InChI=1S/C45H46F2N10O3/c1-25-29(13-5-15-31(25)46)35-33(39(58)42-50-19-9-20-51-42)37(27-11-7-17-48-23-27)56(3)44(54-35)41(60)45-55-36(30-14-6-16-32(47)26(30)2)34(40(59)43-52-21-10-22-53-43)38(57(45)4)28-12-8-18-49-24-28/h5-6,9-10,13-16,19-22,27-28,37-38,48-49H,7-8,11-12,17-18,23-24H2,1-4H3. The van der Waals surface area contributed by atoms with Crippen LogP contribution in [0.2, 0.25) is 0 Å². The maximum absolute atomic E-state index is 15.6. The predicted octanol–water partition coefficient (Wildman–Crippen LogP) is 5.04. The number of nitrogens with zero attached hydrogens (tertiary/aromatic N) is 8. The molecule has 2 aromatic carbocycles. The molecule has 4 unspecified atom stereocenters. The van der Waals surface area contributed by atoms with Gasteiger partial charge in [0, 0.05) is 63.1 Å². The number of carbonyl (C=O) groups excluding carboxylic acids is 3. The van der Waals surface area contributed by atoms with E-state index in [0.717, 1.165) is 38.8 Å². The molecule has 2 aromatic heterocycles. The van der Waals surface area contributed by atoms with E-state index in [1.807, 2.05) is 0 Å². The molecular weight excluding hydrogens is 767 g/mol. The molecule has 0 aliphatic carbocycles. The Kier molecular flexibility index (Phi) is 11.6. The van der Waals surface area contributed by atoms with Crippen LogP contribution in [-0.4, -0.2) is 111 Å². The van der Waals surface area contributed by atoms with Crippen molar-refractivity contribution in [2.45, 2.75) is 51.6 Å². The van der Waals surface area contributed by atoms with Crippen LogP contribution in [0, 0.1) is 37.3 Å². The lowest BCUT2D eigenvalue weighted by Crippen LogP contribution is -2.58. The Morgan fingerprint density at radius 1 is 0.600 bits per heavy atom. The quantitative estimate of drug-likeness (QED) is 0.207. The van der Waals surface area contributed by atoms with Crippen LogP contribution in [0.15, 0.2) is 94.4 Å². The summed E-state index contributed by atoms with van der Waals surface area (Å²) in [5.41, 5.74) is 1.98. The molecule has 0 radical (unpaired) electrons. The van der Waals surface area contributed by atoms with Crippen LogP contribution in [0.5, 0.6) is 0 Å². The van der Waals surface area contributed by atoms with Gasteiger partial charge in [0.1, 0.15) is 11.6 Å². The first-order valence-electron chi connectivity index (χ1n) is 20.3. The Hall–Kier alpha value is -6.19. The molecule has 2 saturated heterocycles. The zero-order valence-corrected chi connectivity index (χ0v) is 34.0. The minimum absolute atomic E-state index is 0.0302. The number of likely N-dealkylation sites (N-methyl/N-ethyl adjacent to an activating group) is 2. The number of aliphatic imine (C=N–C) groups is 2. The third kappa shape index (κ3) is 7.47. The van der Waals surface area contributed by atoms with Gasteiger partial charge in [-0.1, -0.05) is 24.3 Å². The molecular formula is C45H46F2N10O3. The van der Waals surface area contributed by atoms with Gasteiger partial charge in [-0.25, -0.2) is 38.7 Å². The average molecular weight is 813 g/mol. The van der Waals surface area contributed by atoms with Gasteiger partial charge in [-0.05, 0) is 99.8 Å². The number of hydrogen-bond donors (Lipinski definition) is 2. The summed E-state index contributed by atoms with van der Waals surface area (Å²) < 4.78 is 30.9. The minimum Gasteiger partial charge on any atom is -0.349 e. The van der Waals surface area contributed by atoms with Gasteiger partial charge in [0.2, 0.25) is 23.2 Å². The highest BCUT2D eigenvalue weighted by atomic mass is 19.1. The molecule has 4 atom stereocenters. The fraction of sp³-hybridized carbons (Fsp3) is 0.356. The maximum Gasteiger partial charge on any atom is 0.263 e. The Morgan fingerprint density at radius 2 is 1.00 bits per heavy atom. The molecule has 13 nitrogen and oxygen atoms in total. The molecule has 4 aliphatic heterocycles. The highest BCUT2D eigenvalue weighted by Crippen LogP contribution is 2.41. The number of ketones is 3. The number of amidine groups is 2. The van der Waals surface area contributed by atoms with Gasteiger partial charge >= 0.3 is 0 Å². The minimum atomic E-state index is -0.719. The number of carbonyl (C=O) groups is 3. The summed E-state index contributed by atoms with van der Waals surface area (Å²) in [5, 5.41) is 6.91. The fourth-order valence-electron chi connectivity index (χ4n) is 9.04. The lowest BCUT2D eigenvalue weighted by Gasteiger charge is -2.44. The van der Waals surface area contributed by atoms with Crippen molar-refractivity contribution in [3.63, 3.8) is 0 Å². The summed E-state index contributed by atoms with van der Waals surface area (Å²) in [5.74, 6) is -3.08. The van der Waals surface area contributed by atoms with Crippen LogP contribution in [0.3, 0.4) is 0 Å². The molecule has 0 spiro atoms. The normalized spacial score (nSPS) is 22.4. The van der Waals surface area contributed by atoms with E-state index in [1.54, 1.807) is 74.1 Å². The molecule has 4 aromatic rings. The molecule has 6 heterocycles. The Balaban J connectivity index is 1.38. The SMILES string of the molecule is Cc1c(F)cccc1C1=C(C(=O)c2ncccn2)C(C2CCCNC2)N(C)C(C(=O)C2=NC(c3cccc(F)c3C)=C(C(=O)c3ncccn3)C(C3CCCNC3)N2C)=N1. The number of Topliss-reactive ketones (excluding diaryl/α,β-unsaturated/α-hetero) is 3. The third-order valence-electron chi connectivity index (χ3n) is 12.1. The van der Waals surface area contributed by atoms with E-state index >= 15 is 13.6 Å². The van der Waals surface area contributed by atoms with E-state index in [9.17, 15) is 9.59 Å². The highest BCUT2D eigenvalue weighted by Gasteiger charge is 2.47. The first kappa shape index (κ1) is 40.6. The molecule has 15 heteroatoms. The van der Waals surface area contributed by atoms with E-state index in [2.05, 4.69) is 30.6 Å². The van der Waals surface area contributed by atoms with Crippen LogP contribution >= 0.6 is 0 Å². The Morgan fingerprint density at radius 3 is 1.37 bits per heavy atom. The average Bonchev–Trinajstić information content (AvgIpc) is 3.28. The van der Waals surface area contributed by atoms with Gasteiger partial charge in [0.15, 0.2) is 11.7 Å². The fourth-order valence-corrected chi connectivity index (χ4v) is 9.04. The summed E-state index contributed by atoms with van der Waals surface area (Å²) in [6.07, 6.45) is 9.03. The van der Waals surface area contributed by atoms with Gasteiger partial charge in [0.05, 0.1) is 34.6 Å².